The van der Waals surface area contributed by atoms with Gasteiger partial charge in [-0.25, -0.2) is 4.79 Å². The molecule has 1 amide bonds. The molecular formula is C7H10N2O4S. The third-order valence-corrected chi connectivity index (χ3v) is 3.87. The molecule has 6 nitrogen and oxygen atoms in total. The van der Waals surface area contributed by atoms with Crippen LogP contribution >= 0.6 is 11.8 Å². The fraction of sp³-hybridized carbons (Fsp3) is 0.714. The lowest BCUT2D eigenvalue weighted by molar-refractivity contribution is -0.165. The minimum absolute atomic E-state index is 0.285. The second-order valence-corrected chi connectivity index (χ2v) is 4.50. The Morgan fingerprint density at radius 2 is 2.29 bits per heavy atom. The molecule has 78 valence electrons. The highest BCUT2D eigenvalue weighted by molar-refractivity contribution is 8.00. The SMILES string of the molecule is NC1C(=O)N2C(C(=O)O)C(O)CS[C@H]12. The summed E-state index contributed by atoms with van der Waals surface area (Å²) in [5.41, 5.74) is 5.50. The molecule has 7 heteroatoms. The van der Waals surface area contributed by atoms with E-state index in [2.05, 4.69) is 0 Å². The van der Waals surface area contributed by atoms with Gasteiger partial charge in [0.1, 0.15) is 11.4 Å². The highest BCUT2D eigenvalue weighted by Gasteiger charge is 2.55. The van der Waals surface area contributed by atoms with E-state index in [1.807, 2.05) is 0 Å². The number of carboxylic acid groups (broad SMARTS) is 1. The second kappa shape index (κ2) is 3.11. The summed E-state index contributed by atoms with van der Waals surface area (Å²) in [5.74, 6) is -1.27. The maximum absolute atomic E-state index is 11.3. The van der Waals surface area contributed by atoms with Crippen LogP contribution in [0.15, 0.2) is 0 Å². The van der Waals surface area contributed by atoms with Crippen LogP contribution in [-0.4, -0.2) is 56.3 Å². The van der Waals surface area contributed by atoms with Crippen LogP contribution < -0.4 is 5.73 Å². The Morgan fingerprint density at radius 1 is 1.64 bits per heavy atom. The van der Waals surface area contributed by atoms with E-state index >= 15 is 0 Å². The molecule has 2 heterocycles. The third kappa shape index (κ3) is 1.13. The van der Waals surface area contributed by atoms with E-state index in [1.165, 1.54) is 11.8 Å². The van der Waals surface area contributed by atoms with Gasteiger partial charge >= 0.3 is 5.97 Å². The van der Waals surface area contributed by atoms with Crippen molar-refractivity contribution in [2.75, 3.05) is 5.75 Å². The third-order valence-electron chi connectivity index (χ3n) is 2.48. The number of aliphatic carboxylic acids is 1. The summed E-state index contributed by atoms with van der Waals surface area (Å²) in [6.45, 7) is 0. The molecule has 2 aliphatic rings. The van der Waals surface area contributed by atoms with Gasteiger partial charge in [0.15, 0.2) is 6.04 Å². The van der Waals surface area contributed by atoms with Gasteiger partial charge in [0.25, 0.3) is 0 Å². The number of aliphatic hydroxyl groups excluding tert-OH is 1. The van der Waals surface area contributed by atoms with E-state index in [4.69, 9.17) is 10.8 Å². The molecule has 2 aliphatic heterocycles. The van der Waals surface area contributed by atoms with Crippen molar-refractivity contribution in [1.29, 1.82) is 0 Å². The predicted octanol–water partition coefficient (Wildman–Crippen LogP) is -1.96. The molecule has 0 spiro atoms. The average molecular weight is 218 g/mol. The predicted molar refractivity (Wildman–Crippen MR) is 48.5 cm³/mol. The van der Waals surface area contributed by atoms with E-state index in [0.717, 1.165) is 4.90 Å². The second-order valence-electron chi connectivity index (χ2n) is 3.35. The zero-order valence-electron chi connectivity index (χ0n) is 7.16. The summed E-state index contributed by atoms with van der Waals surface area (Å²) < 4.78 is 0. The molecule has 2 saturated heterocycles. The number of carboxylic acids is 1. The van der Waals surface area contributed by atoms with Gasteiger partial charge in [0.05, 0.1) is 6.10 Å². The molecule has 0 aromatic carbocycles. The number of fused-ring (bicyclic) bond motifs is 1. The van der Waals surface area contributed by atoms with E-state index < -0.39 is 30.1 Å². The van der Waals surface area contributed by atoms with Gasteiger partial charge in [0, 0.05) is 5.75 Å². The first-order valence-electron chi connectivity index (χ1n) is 4.14. The molecule has 2 rings (SSSR count). The number of amides is 1. The summed E-state index contributed by atoms with van der Waals surface area (Å²) in [6.07, 6.45) is -1.01. The average Bonchev–Trinajstić information content (AvgIpc) is 2.15. The first-order valence-corrected chi connectivity index (χ1v) is 5.19. The molecule has 0 radical (unpaired) electrons. The van der Waals surface area contributed by atoms with Crippen molar-refractivity contribution >= 4 is 23.6 Å². The van der Waals surface area contributed by atoms with Crippen LogP contribution in [-0.2, 0) is 9.59 Å². The lowest BCUT2D eigenvalue weighted by Gasteiger charge is -2.51. The Morgan fingerprint density at radius 3 is 2.86 bits per heavy atom. The molecule has 0 bridgehead atoms. The van der Waals surface area contributed by atoms with Crippen LogP contribution in [0.4, 0.5) is 0 Å². The van der Waals surface area contributed by atoms with Crippen molar-refractivity contribution in [3.8, 4) is 0 Å². The van der Waals surface area contributed by atoms with Crippen LogP contribution in [0, 0.1) is 0 Å². The maximum Gasteiger partial charge on any atom is 0.329 e. The summed E-state index contributed by atoms with van der Waals surface area (Å²) in [6, 6.07) is -1.75. The Balaban J connectivity index is 2.21. The van der Waals surface area contributed by atoms with Gasteiger partial charge in [-0.1, -0.05) is 0 Å². The number of hydrogen-bond acceptors (Lipinski definition) is 5. The Kier molecular flexibility index (Phi) is 2.17. The number of carbonyl (C=O) groups is 2. The van der Waals surface area contributed by atoms with Crippen LogP contribution in [0.1, 0.15) is 0 Å². The van der Waals surface area contributed by atoms with Gasteiger partial charge in [-0.05, 0) is 0 Å². The highest BCUT2D eigenvalue weighted by atomic mass is 32.2. The molecule has 0 aromatic heterocycles. The molecular weight excluding hydrogens is 208 g/mol. The number of nitrogens with two attached hydrogens (primary N) is 1. The number of thioether (sulfide) groups is 1. The van der Waals surface area contributed by atoms with E-state index in [0.29, 0.717) is 5.75 Å². The van der Waals surface area contributed by atoms with Crippen molar-refractivity contribution < 1.29 is 19.8 Å². The normalized spacial score (nSPS) is 41.6. The molecule has 4 N–H and O–H groups in total. The number of aliphatic hydroxyl groups is 1. The van der Waals surface area contributed by atoms with Gasteiger partial charge in [-0.15, -0.1) is 11.8 Å². The fourth-order valence-corrected chi connectivity index (χ4v) is 3.04. The summed E-state index contributed by atoms with van der Waals surface area (Å²) in [4.78, 5) is 23.2. The highest BCUT2D eigenvalue weighted by Crippen LogP contribution is 2.37. The number of nitrogens with zero attached hydrogens (tertiary/aromatic N) is 1. The maximum atomic E-state index is 11.3. The first-order chi connectivity index (χ1) is 6.54. The van der Waals surface area contributed by atoms with Crippen molar-refractivity contribution in [1.82, 2.24) is 4.90 Å². The summed E-state index contributed by atoms with van der Waals surface area (Å²) >= 11 is 1.32. The first kappa shape index (κ1) is 9.75. The molecule has 2 fully saturated rings. The molecule has 4 atom stereocenters. The molecule has 3 unspecified atom stereocenters. The molecule has 0 aliphatic carbocycles. The van der Waals surface area contributed by atoms with Crippen molar-refractivity contribution in [3.05, 3.63) is 0 Å². The molecule has 0 saturated carbocycles. The van der Waals surface area contributed by atoms with Gasteiger partial charge in [0.2, 0.25) is 5.91 Å². The number of hydrogen-bond donors (Lipinski definition) is 3. The van der Waals surface area contributed by atoms with E-state index in [9.17, 15) is 14.7 Å². The van der Waals surface area contributed by atoms with E-state index in [-0.39, 0.29) is 5.37 Å². The Hall–Kier alpha value is -0.790. The largest absolute Gasteiger partial charge is 0.480 e. The topological polar surface area (TPSA) is 104 Å². The zero-order chi connectivity index (χ0) is 10.5. The summed E-state index contributed by atoms with van der Waals surface area (Å²) in [5, 5.41) is 18.0. The lowest BCUT2D eigenvalue weighted by Crippen LogP contribution is -2.75. The lowest BCUT2D eigenvalue weighted by atomic mass is 10.0. The minimum Gasteiger partial charge on any atom is -0.480 e. The van der Waals surface area contributed by atoms with E-state index in [1.54, 1.807) is 0 Å². The van der Waals surface area contributed by atoms with Crippen molar-refractivity contribution in [3.63, 3.8) is 0 Å². The van der Waals surface area contributed by atoms with Crippen LogP contribution in [0.25, 0.3) is 0 Å². The van der Waals surface area contributed by atoms with Crippen molar-refractivity contribution in [2.24, 2.45) is 5.73 Å². The molecule has 0 aromatic rings. The van der Waals surface area contributed by atoms with Crippen LogP contribution in [0.5, 0.6) is 0 Å². The number of carbonyl (C=O) groups excluding carboxylic acids is 1. The molecule has 14 heavy (non-hydrogen) atoms. The van der Waals surface area contributed by atoms with Gasteiger partial charge < -0.3 is 20.8 Å². The van der Waals surface area contributed by atoms with Gasteiger partial charge in [-0.2, -0.15) is 0 Å². The number of β-lactam (4-membered cyclic amide) rings is 1. The standard InChI is InChI=1S/C7H10N2O4S/c8-3-5(11)9-4(7(12)13)2(10)1-14-6(3)9/h2-4,6,10H,1,8H2,(H,12,13)/t2?,3?,4?,6-/m1/s1. The van der Waals surface area contributed by atoms with Gasteiger partial charge in [-0.3, -0.25) is 4.79 Å². The Bertz CT molecular complexity index is 297. The minimum atomic E-state index is -1.18. The Labute approximate surface area is 84.1 Å². The summed E-state index contributed by atoms with van der Waals surface area (Å²) in [7, 11) is 0. The van der Waals surface area contributed by atoms with Crippen LogP contribution in [0.2, 0.25) is 0 Å². The quantitative estimate of drug-likeness (QED) is 0.442. The monoisotopic (exact) mass is 218 g/mol. The number of rotatable bonds is 1. The van der Waals surface area contributed by atoms with Crippen molar-refractivity contribution in [2.45, 2.75) is 23.6 Å². The fourth-order valence-electron chi connectivity index (χ4n) is 1.75. The zero-order valence-corrected chi connectivity index (χ0v) is 7.98. The van der Waals surface area contributed by atoms with Crippen LogP contribution in [0.3, 0.4) is 0 Å². The smallest absolute Gasteiger partial charge is 0.329 e.